The molecule has 2 rings (SSSR count). The van der Waals surface area contributed by atoms with Crippen molar-refractivity contribution >= 4 is 29.3 Å². The Bertz CT molecular complexity index is 606. The molecule has 0 N–H and O–H groups in total. The maximum atomic E-state index is 12.0. The molecule has 3 amide bonds. The molecule has 1 aromatic rings. The first kappa shape index (κ1) is 14.7. The molecule has 7 heteroatoms. The minimum Gasteiger partial charge on any atom is -0.497 e. The van der Waals surface area contributed by atoms with Crippen molar-refractivity contribution in [1.82, 2.24) is 4.90 Å². The van der Waals surface area contributed by atoms with Crippen LogP contribution in [0.4, 0.5) is 10.5 Å². The number of rotatable bonds is 3. The second-order valence-corrected chi connectivity index (χ2v) is 4.17. The van der Waals surface area contributed by atoms with Crippen molar-refractivity contribution in [3.05, 3.63) is 24.3 Å². The number of carbonyl (C=O) groups is 3. The molecule has 0 spiro atoms. The Kier molecular flexibility index (Phi) is 4.32. The zero-order chi connectivity index (χ0) is 15.4. The van der Waals surface area contributed by atoms with E-state index in [0.717, 1.165) is 0 Å². The predicted octanol–water partition coefficient (Wildman–Crippen LogP) is 1.68. The fourth-order valence-electron chi connectivity index (χ4n) is 1.81. The average Bonchev–Trinajstić information content (AvgIpc) is 2.74. The predicted molar refractivity (Wildman–Crippen MR) is 73.6 cm³/mol. The topological polar surface area (TPSA) is 85.3 Å². The molecule has 0 atom stereocenters. The van der Waals surface area contributed by atoms with E-state index < -0.39 is 17.9 Å². The van der Waals surface area contributed by atoms with Crippen LogP contribution in [0.3, 0.4) is 0 Å². The molecule has 7 nitrogen and oxygen atoms in total. The van der Waals surface area contributed by atoms with Gasteiger partial charge in [-0.1, -0.05) is 0 Å². The standard InChI is InChI=1S/C14H14N2O5/c1-3-21-14(19)16-12(17)8-11(13(16)18)15-9-4-6-10(20-2)7-5-9/h4-7H,3,8H2,1-2H3. The number of carbonyl (C=O) groups excluding carboxylic acids is 3. The van der Waals surface area contributed by atoms with Crippen LogP contribution in [0, 0.1) is 0 Å². The molecule has 110 valence electrons. The number of imide groups is 3. The van der Waals surface area contributed by atoms with Gasteiger partial charge >= 0.3 is 6.09 Å². The lowest BCUT2D eigenvalue weighted by atomic mass is 10.2. The highest BCUT2D eigenvalue weighted by Gasteiger charge is 2.40. The Balaban J connectivity index is 2.21. The van der Waals surface area contributed by atoms with E-state index in [1.165, 1.54) is 7.11 Å². The Labute approximate surface area is 121 Å². The van der Waals surface area contributed by atoms with Gasteiger partial charge in [0.2, 0.25) is 5.91 Å². The quantitative estimate of drug-likeness (QED) is 0.791. The van der Waals surface area contributed by atoms with Gasteiger partial charge in [0.15, 0.2) is 0 Å². The van der Waals surface area contributed by atoms with E-state index in [0.29, 0.717) is 16.3 Å². The Morgan fingerprint density at radius 1 is 1.29 bits per heavy atom. The molecule has 1 aromatic carbocycles. The average molecular weight is 290 g/mol. The summed E-state index contributed by atoms with van der Waals surface area (Å²) in [6.45, 7) is 1.68. The Morgan fingerprint density at radius 2 is 1.95 bits per heavy atom. The zero-order valence-corrected chi connectivity index (χ0v) is 11.7. The van der Waals surface area contributed by atoms with Gasteiger partial charge in [0.1, 0.15) is 11.5 Å². The molecular formula is C14H14N2O5. The van der Waals surface area contributed by atoms with Crippen LogP contribution in [0.2, 0.25) is 0 Å². The van der Waals surface area contributed by atoms with Gasteiger partial charge in [0, 0.05) is 0 Å². The number of hydrogen-bond donors (Lipinski definition) is 0. The summed E-state index contributed by atoms with van der Waals surface area (Å²) in [7, 11) is 1.54. The summed E-state index contributed by atoms with van der Waals surface area (Å²) in [4.78, 5) is 39.8. The zero-order valence-electron chi connectivity index (χ0n) is 11.7. The molecule has 1 fully saturated rings. The number of ether oxygens (including phenoxy) is 2. The smallest absolute Gasteiger partial charge is 0.423 e. The first-order valence-corrected chi connectivity index (χ1v) is 6.32. The number of likely N-dealkylation sites (tertiary alicyclic amines) is 1. The number of amides is 3. The minimum absolute atomic E-state index is 0.0122. The van der Waals surface area contributed by atoms with E-state index in [1.807, 2.05) is 0 Å². The van der Waals surface area contributed by atoms with Crippen molar-refractivity contribution in [2.45, 2.75) is 13.3 Å². The van der Waals surface area contributed by atoms with Crippen molar-refractivity contribution in [2.24, 2.45) is 4.99 Å². The van der Waals surface area contributed by atoms with Crippen molar-refractivity contribution in [3.63, 3.8) is 0 Å². The SMILES string of the molecule is CCOC(=O)N1C(=O)CC(=Nc2ccc(OC)cc2)C1=O. The monoisotopic (exact) mass is 290 g/mol. The Hall–Kier alpha value is -2.70. The fraction of sp³-hybridized carbons (Fsp3) is 0.286. The molecular weight excluding hydrogens is 276 g/mol. The van der Waals surface area contributed by atoms with Crippen LogP contribution in [0.5, 0.6) is 5.75 Å². The lowest BCUT2D eigenvalue weighted by molar-refractivity contribution is -0.134. The van der Waals surface area contributed by atoms with Gasteiger partial charge in [-0.3, -0.25) is 9.59 Å². The Morgan fingerprint density at radius 3 is 2.52 bits per heavy atom. The molecule has 1 saturated heterocycles. The summed E-state index contributed by atoms with van der Waals surface area (Å²) in [6.07, 6.45) is -1.18. The van der Waals surface area contributed by atoms with Crippen molar-refractivity contribution in [3.8, 4) is 5.75 Å². The minimum atomic E-state index is -0.965. The van der Waals surface area contributed by atoms with Gasteiger partial charge in [-0.15, -0.1) is 0 Å². The summed E-state index contributed by atoms with van der Waals surface area (Å²) >= 11 is 0. The van der Waals surface area contributed by atoms with Crippen molar-refractivity contribution in [2.75, 3.05) is 13.7 Å². The molecule has 0 bridgehead atoms. The van der Waals surface area contributed by atoms with Gasteiger partial charge in [-0.25, -0.2) is 9.79 Å². The summed E-state index contributed by atoms with van der Waals surface area (Å²) < 4.78 is 9.68. The third kappa shape index (κ3) is 3.07. The van der Waals surface area contributed by atoms with Crippen LogP contribution in [0.1, 0.15) is 13.3 Å². The van der Waals surface area contributed by atoms with E-state index in [4.69, 9.17) is 4.74 Å². The van der Waals surface area contributed by atoms with Gasteiger partial charge in [-0.05, 0) is 31.2 Å². The summed E-state index contributed by atoms with van der Waals surface area (Å²) in [6, 6.07) is 6.67. The summed E-state index contributed by atoms with van der Waals surface area (Å²) in [5.74, 6) is -0.721. The lowest BCUT2D eigenvalue weighted by Crippen LogP contribution is -2.37. The normalized spacial score (nSPS) is 16.5. The van der Waals surface area contributed by atoms with Gasteiger partial charge in [0.05, 0.1) is 25.8 Å². The molecule has 21 heavy (non-hydrogen) atoms. The van der Waals surface area contributed by atoms with Gasteiger partial charge in [-0.2, -0.15) is 4.90 Å². The van der Waals surface area contributed by atoms with Crippen LogP contribution >= 0.6 is 0 Å². The van der Waals surface area contributed by atoms with E-state index in [1.54, 1.807) is 31.2 Å². The molecule has 1 aliphatic heterocycles. The molecule has 0 radical (unpaired) electrons. The van der Waals surface area contributed by atoms with Crippen molar-refractivity contribution in [1.29, 1.82) is 0 Å². The third-order valence-corrected chi connectivity index (χ3v) is 2.80. The van der Waals surface area contributed by atoms with Crippen LogP contribution in [0.15, 0.2) is 29.3 Å². The van der Waals surface area contributed by atoms with Crippen LogP contribution in [0.25, 0.3) is 0 Å². The number of hydrogen-bond acceptors (Lipinski definition) is 6. The van der Waals surface area contributed by atoms with Crippen LogP contribution in [-0.4, -0.2) is 42.2 Å². The molecule has 0 aliphatic carbocycles. The molecule has 1 aliphatic rings. The molecule has 0 saturated carbocycles. The first-order chi connectivity index (χ1) is 10.1. The first-order valence-electron chi connectivity index (χ1n) is 6.32. The van der Waals surface area contributed by atoms with E-state index in [9.17, 15) is 14.4 Å². The van der Waals surface area contributed by atoms with Crippen LogP contribution in [-0.2, 0) is 14.3 Å². The van der Waals surface area contributed by atoms with E-state index in [-0.39, 0.29) is 18.7 Å². The largest absolute Gasteiger partial charge is 0.497 e. The van der Waals surface area contributed by atoms with E-state index in [2.05, 4.69) is 9.73 Å². The number of aliphatic imine (C=N–C) groups is 1. The molecule has 0 unspecified atom stereocenters. The highest BCUT2D eigenvalue weighted by atomic mass is 16.6. The number of nitrogens with zero attached hydrogens (tertiary/aromatic N) is 2. The lowest BCUT2D eigenvalue weighted by Gasteiger charge is -2.09. The van der Waals surface area contributed by atoms with Crippen molar-refractivity contribution < 1.29 is 23.9 Å². The van der Waals surface area contributed by atoms with E-state index >= 15 is 0 Å². The molecule has 1 heterocycles. The highest BCUT2D eigenvalue weighted by molar-refractivity contribution is 6.51. The number of benzene rings is 1. The maximum absolute atomic E-state index is 12.0. The second-order valence-electron chi connectivity index (χ2n) is 4.17. The summed E-state index contributed by atoms with van der Waals surface area (Å²) in [5.41, 5.74) is 0.510. The van der Waals surface area contributed by atoms with Gasteiger partial charge < -0.3 is 9.47 Å². The fourth-order valence-corrected chi connectivity index (χ4v) is 1.81. The maximum Gasteiger partial charge on any atom is 0.423 e. The number of methoxy groups -OCH3 is 1. The highest BCUT2D eigenvalue weighted by Crippen LogP contribution is 2.21. The van der Waals surface area contributed by atoms with Crippen LogP contribution < -0.4 is 4.74 Å². The van der Waals surface area contributed by atoms with Gasteiger partial charge in [0.25, 0.3) is 5.91 Å². The second kappa shape index (κ2) is 6.17. The molecule has 0 aromatic heterocycles. The summed E-state index contributed by atoms with van der Waals surface area (Å²) in [5, 5.41) is 0. The third-order valence-electron chi connectivity index (χ3n) is 2.80.